The smallest absolute Gasteiger partial charge is 0.270 e. The SMILES string of the molecule is CC(C)Oc1cc(Nc2ccnc(NCc3cc(C(N)=O)no3)n2)[nH]n1. The molecule has 136 valence electrons. The standard InChI is InChI=1S/C15H18N8O3/c1-8(2)25-13-6-12(21-22-13)19-11-3-4-17-15(20-11)18-7-9-5-10(14(16)24)23-26-9/h3-6,8H,7H2,1-2H3,(H2,16,24)(H3,17,18,19,20,21,22). The molecule has 0 aliphatic heterocycles. The Morgan fingerprint density at radius 1 is 1.42 bits per heavy atom. The second kappa shape index (κ2) is 7.51. The van der Waals surface area contributed by atoms with E-state index in [1.54, 1.807) is 18.3 Å². The van der Waals surface area contributed by atoms with E-state index in [-0.39, 0.29) is 18.3 Å². The third-order valence-corrected chi connectivity index (χ3v) is 3.06. The number of nitrogens with one attached hydrogen (secondary N) is 3. The number of amides is 1. The minimum absolute atomic E-state index is 0.0344. The quantitative estimate of drug-likeness (QED) is 0.467. The first-order valence-corrected chi connectivity index (χ1v) is 7.81. The van der Waals surface area contributed by atoms with Crippen molar-refractivity contribution < 1.29 is 14.1 Å². The number of hydrogen-bond donors (Lipinski definition) is 4. The van der Waals surface area contributed by atoms with Gasteiger partial charge in [0.2, 0.25) is 11.8 Å². The fourth-order valence-corrected chi connectivity index (χ4v) is 2.00. The largest absolute Gasteiger partial charge is 0.474 e. The van der Waals surface area contributed by atoms with Crippen molar-refractivity contribution in [3.05, 3.63) is 35.9 Å². The molecule has 11 heteroatoms. The predicted octanol–water partition coefficient (Wildman–Crippen LogP) is 1.43. The van der Waals surface area contributed by atoms with Crippen molar-refractivity contribution in [1.29, 1.82) is 0 Å². The van der Waals surface area contributed by atoms with Gasteiger partial charge >= 0.3 is 0 Å². The van der Waals surface area contributed by atoms with E-state index < -0.39 is 5.91 Å². The van der Waals surface area contributed by atoms with Gasteiger partial charge in [0.05, 0.1) is 12.6 Å². The number of rotatable bonds is 8. The first-order chi connectivity index (χ1) is 12.5. The van der Waals surface area contributed by atoms with Crippen molar-refractivity contribution in [3.8, 4) is 5.88 Å². The van der Waals surface area contributed by atoms with E-state index in [1.807, 2.05) is 13.8 Å². The Hall–Kier alpha value is -3.63. The van der Waals surface area contributed by atoms with Crippen LogP contribution in [-0.2, 0) is 6.54 Å². The number of carbonyl (C=O) groups is 1. The minimum atomic E-state index is -0.650. The maximum atomic E-state index is 11.0. The number of carbonyl (C=O) groups excluding carboxylic acids is 1. The molecule has 0 bridgehead atoms. The van der Waals surface area contributed by atoms with E-state index in [1.165, 1.54) is 6.07 Å². The Bertz CT molecular complexity index is 888. The molecule has 5 N–H and O–H groups in total. The molecule has 0 saturated heterocycles. The molecular weight excluding hydrogens is 340 g/mol. The van der Waals surface area contributed by atoms with Crippen LogP contribution in [-0.4, -0.2) is 37.3 Å². The molecule has 3 aromatic heterocycles. The van der Waals surface area contributed by atoms with E-state index >= 15 is 0 Å². The van der Waals surface area contributed by atoms with Gasteiger partial charge in [0.15, 0.2) is 11.5 Å². The third kappa shape index (κ3) is 4.47. The van der Waals surface area contributed by atoms with Gasteiger partial charge in [-0.2, -0.15) is 4.98 Å². The fourth-order valence-electron chi connectivity index (χ4n) is 2.00. The summed E-state index contributed by atoms with van der Waals surface area (Å²) in [5, 5.41) is 16.5. The average Bonchev–Trinajstić information content (AvgIpc) is 3.22. The highest BCUT2D eigenvalue weighted by Gasteiger charge is 2.10. The Morgan fingerprint density at radius 3 is 3.00 bits per heavy atom. The van der Waals surface area contributed by atoms with E-state index in [0.29, 0.717) is 29.2 Å². The first kappa shape index (κ1) is 17.2. The van der Waals surface area contributed by atoms with Crippen LogP contribution in [0.3, 0.4) is 0 Å². The van der Waals surface area contributed by atoms with Crippen molar-refractivity contribution in [2.45, 2.75) is 26.5 Å². The molecule has 0 spiro atoms. The Labute approximate surface area is 148 Å². The molecule has 0 fully saturated rings. The van der Waals surface area contributed by atoms with Crippen molar-refractivity contribution >= 4 is 23.5 Å². The van der Waals surface area contributed by atoms with E-state index in [2.05, 4.69) is 36.0 Å². The summed E-state index contributed by atoms with van der Waals surface area (Å²) in [6.07, 6.45) is 1.63. The minimum Gasteiger partial charge on any atom is -0.474 e. The lowest BCUT2D eigenvalue weighted by Gasteiger charge is -2.06. The van der Waals surface area contributed by atoms with Gasteiger partial charge in [-0.1, -0.05) is 5.16 Å². The van der Waals surface area contributed by atoms with Crippen molar-refractivity contribution in [2.24, 2.45) is 5.73 Å². The second-order valence-electron chi connectivity index (χ2n) is 5.57. The monoisotopic (exact) mass is 358 g/mol. The highest BCUT2D eigenvalue weighted by molar-refractivity contribution is 5.90. The van der Waals surface area contributed by atoms with Gasteiger partial charge < -0.3 is 25.6 Å². The summed E-state index contributed by atoms with van der Waals surface area (Å²) >= 11 is 0. The molecule has 3 aromatic rings. The number of aromatic nitrogens is 5. The molecule has 0 atom stereocenters. The summed E-state index contributed by atoms with van der Waals surface area (Å²) in [6, 6.07) is 4.89. The van der Waals surface area contributed by atoms with Crippen LogP contribution in [0.15, 0.2) is 28.9 Å². The van der Waals surface area contributed by atoms with Crippen molar-refractivity contribution in [2.75, 3.05) is 10.6 Å². The zero-order chi connectivity index (χ0) is 18.5. The van der Waals surface area contributed by atoms with Gasteiger partial charge in [0.1, 0.15) is 11.6 Å². The second-order valence-corrected chi connectivity index (χ2v) is 5.57. The number of nitrogens with two attached hydrogens (primary N) is 1. The van der Waals surface area contributed by atoms with Crippen LogP contribution >= 0.6 is 0 Å². The molecule has 0 aromatic carbocycles. The summed E-state index contributed by atoms with van der Waals surface area (Å²) in [7, 11) is 0. The number of nitrogens with zero attached hydrogens (tertiary/aromatic N) is 4. The molecule has 1 amide bonds. The molecule has 0 unspecified atom stereocenters. The third-order valence-electron chi connectivity index (χ3n) is 3.06. The summed E-state index contributed by atoms with van der Waals surface area (Å²) in [5.41, 5.74) is 5.19. The maximum Gasteiger partial charge on any atom is 0.270 e. The van der Waals surface area contributed by atoms with Gasteiger partial charge in [-0.3, -0.25) is 9.89 Å². The molecule has 0 aliphatic carbocycles. The summed E-state index contributed by atoms with van der Waals surface area (Å²) in [6.45, 7) is 4.09. The Morgan fingerprint density at radius 2 is 2.27 bits per heavy atom. The number of aromatic amines is 1. The van der Waals surface area contributed by atoms with Crippen LogP contribution in [0.5, 0.6) is 5.88 Å². The number of H-pyrrole nitrogens is 1. The van der Waals surface area contributed by atoms with E-state index in [9.17, 15) is 4.79 Å². The van der Waals surface area contributed by atoms with Gasteiger partial charge in [-0.05, 0) is 19.9 Å². The molecule has 0 aliphatic rings. The highest BCUT2D eigenvalue weighted by atomic mass is 16.5. The van der Waals surface area contributed by atoms with Crippen LogP contribution in [0.4, 0.5) is 17.6 Å². The van der Waals surface area contributed by atoms with Gasteiger partial charge in [-0.15, -0.1) is 5.10 Å². The fraction of sp³-hybridized carbons (Fsp3) is 0.267. The molecule has 3 heterocycles. The predicted molar refractivity (Wildman–Crippen MR) is 92.0 cm³/mol. The summed E-state index contributed by atoms with van der Waals surface area (Å²) in [5.74, 6) is 1.83. The summed E-state index contributed by atoms with van der Waals surface area (Å²) < 4.78 is 10.5. The molecule has 26 heavy (non-hydrogen) atoms. The maximum absolute atomic E-state index is 11.0. The Kier molecular flexibility index (Phi) is 4.97. The van der Waals surface area contributed by atoms with E-state index in [4.69, 9.17) is 15.0 Å². The van der Waals surface area contributed by atoms with Crippen molar-refractivity contribution in [3.63, 3.8) is 0 Å². The first-order valence-electron chi connectivity index (χ1n) is 7.81. The van der Waals surface area contributed by atoms with Gasteiger partial charge in [-0.25, -0.2) is 4.98 Å². The normalized spacial score (nSPS) is 10.7. The van der Waals surface area contributed by atoms with Crippen LogP contribution < -0.4 is 21.1 Å². The lowest BCUT2D eigenvalue weighted by atomic mass is 10.3. The van der Waals surface area contributed by atoms with Crippen LogP contribution in [0.1, 0.15) is 30.1 Å². The number of anilines is 3. The van der Waals surface area contributed by atoms with Crippen LogP contribution in [0, 0.1) is 0 Å². The van der Waals surface area contributed by atoms with Crippen LogP contribution in [0.25, 0.3) is 0 Å². The molecule has 11 nitrogen and oxygen atoms in total. The number of hydrogen-bond acceptors (Lipinski definition) is 9. The zero-order valence-electron chi connectivity index (χ0n) is 14.2. The lowest BCUT2D eigenvalue weighted by molar-refractivity contribution is 0.0991. The topological polar surface area (TPSA) is 157 Å². The van der Waals surface area contributed by atoms with E-state index in [0.717, 1.165) is 0 Å². The highest BCUT2D eigenvalue weighted by Crippen LogP contribution is 2.18. The average molecular weight is 358 g/mol. The molecule has 0 radical (unpaired) electrons. The van der Waals surface area contributed by atoms with Crippen LogP contribution in [0.2, 0.25) is 0 Å². The number of ether oxygens (including phenoxy) is 1. The molecule has 3 rings (SSSR count). The number of primary amides is 1. The van der Waals surface area contributed by atoms with Gasteiger partial charge in [0.25, 0.3) is 5.91 Å². The van der Waals surface area contributed by atoms with Crippen molar-refractivity contribution in [1.82, 2.24) is 25.3 Å². The summed E-state index contributed by atoms with van der Waals surface area (Å²) in [4.78, 5) is 19.4. The molecular formula is C15H18N8O3. The zero-order valence-corrected chi connectivity index (χ0v) is 14.2. The van der Waals surface area contributed by atoms with Gasteiger partial charge in [0, 0.05) is 18.3 Å². The molecule has 0 saturated carbocycles. The lowest BCUT2D eigenvalue weighted by Crippen LogP contribution is -2.10. The Balaban J connectivity index is 1.60.